The van der Waals surface area contributed by atoms with Crippen molar-refractivity contribution in [1.82, 2.24) is 0 Å². The summed E-state index contributed by atoms with van der Waals surface area (Å²) < 4.78 is 0. The maximum absolute atomic E-state index is 2.29. The van der Waals surface area contributed by atoms with Crippen molar-refractivity contribution in [2.24, 2.45) is 0 Å². The zero-order valence-electron chi connectivity index (χ0n) is 5.56. The molecule has 7 heavy (non-hydrogen) atoms. The molecular formula is C6H14Se. The van der Waals surface area contributed by atoms with E-state index in [0.717, 1.165) is 24.6 Å². The molecule has 0 saturated heterocycles. The molecule has 0 unspecified atom stereocenters. The van der Waals surface area contributed by atoms with Crippen LogP contribution in [0.1, 0.15) is 27.7 Å². The van der Waals surface area contributed by atoms with Crippen molar-refractivity contribution in [1.29, 1.82) is 0 Å². The first kappa shape index (κ1) is 7.52. The molecule has 0 saturated carbocycles. The Morgan fingerprint density at radius 3 is 1.14 bits per heavy atom. The average Bonchev–Trinajstić information content (AvgIpc) is 1.27. The second-order valence-electron chi connectivity index (χ2n) is 2.23. The van der Waals surface area contributed by atoms with Gasteiger partial charge in [0, 0.05) is 0 Å². The van der Waals surface area contributed by atoms with E-state index in [0.29, 0.717) is 0 Å². The summed E-state index contributed by atoms with van der Waals surface area (Å²) in [5.74, 6) is 0. The minimum absolute atomic E-state index is 0.875. The van der Waals surface area contributed by atoms with Gasteiger partial charge in [0.25, 0.3) is 0 Å². The second-order valence-corrected chi connectivity index (χ2v) is 6.76. The average molecular weight is 165 g/mol. The van der Waals surface area contributed by atoms with Crippen molar-refractivity contribution >= 4 is 15.0 Å². The molecule has 0 N–H and O–H groups in total. The summed E-state index contributed by atoms with van der Waals surface area (Å²) in [6.45, 7) is 9.17. The SMILES string of the molecule is CC(C)[Se]C(C)C. The predicted octanol–water partition coefficient (Wildman–Crippen LogP) is 2.35. The molecule has 0 aliphatic carbocycles. The summed E-state index contributed by atoms with van der Waals surface area (Å²) in [6, 6.07) is 0. The van der Waals surface area contributed by atoms with Crippen LogP contribution in [0.2, 0.25) is 9.63 Å². The van der Waals surface area contributed by atoms with Gasteiger partial charge in [-0.2, -0.15) is 0 Å². The Morgan fingerprint density at radius 1 is 0.857 bits per heavy atom. The summed E-state index contributed by atoms with van der Waals surface area (Å²) in [4.78, 5) is 1.87. The summed E-state index contributed by atoms with van der Waals surface area (Å²) >= 11 is 0.875. The normalized spacial score (nSPS) is 11.1. The van der Waals surface area contributed by atoms with E-state index < -0.39 is 0 Å². The Bertz CT molecular complexity index is 33.4. The van der Waals surface area contributed by atoms with Gasteiger partial charge >= 0.3 is 52.3 Å². The Morgan fingerprint density at radius 2 is 1.14 bits per heavy atom. The van der Waals surface area contributed by atoms with Crippen LogP contribution in [0.3, 0.4) is 0 Å². The maximum atomic E-state index is 2.29. The van der Waals surface area contributed by atoms with Crippen LogP contribution < -0.4 is 0 Å². The monoisotopic (exact) mass is 166 g/mol. The number of rotatable bonds is 2. The molecule has 0 amide bonds. The van der Waals surface area contributed by atoms with E-state index in [2.05, 4.69) is 27.7 Å². The van der Waals surface area contributed by atoms with E-state index in [1.807, 2.05) is 0 Å². The Labute approximate surface area is 52.8 Å². The second kappa shape index (κ2) is 3.51. The van der Waals surface area contributed by atoms with Crippen molar-refractivity contribution in [2.45, 2.75) is 37.3 Å². The van der Waals surface area contributed by atoms with Crippen molar-refractivity contribution in [2.75, 3.05) is 0 Å². The molecule has 1 heteroatoms. The zero-order valence-corrected chi connectivity index (χ0v) is 7.28. The third kappa shape index (κ3) is 6.52. The minimum atomic E-state index is 0.875. The van der Waals surface area contributed by atoms with Gasteiger partial charge in [0.05, 0.1) is 0 Å². The Kier molecular flexibility index (Phi) is 3.77. The topological polar surface area (TPSA) is 0 Å². The molecule has 0 fully saturated rings. The first-order valence-corrected chi connectivity index (χ1v) is 4.76. The predicted molar refractivity (Wildman–Crippen MR) is 35.9 cm³/mol. The summed E-state index contributed by atoms with van der Waals surface area (Å²) in [7, 11) is 0. The van der Waals surface area contributed by atoms with Crippen LogP contribution in [-0.4, -0.2) is 15.0 Å². The van der Waals surface area contributed by atoms with Crippen molar-refractivity contribution in [3.05, 3.63) is 0 Å². The van der Waals surface area contributed by atoms with Gasteiger partial charge in [0.2, 0.25) is 0 Å². The van der Waals surface area contributed by atoms with E-state index in [1.165, 1.54) is 0 Å². The van der Waals surface area contributed by atoms with E-state index in [4.69, 9.17) is 0 Å². The number of hydrogen-bond donors (Lipinski definition) is 0. The molecule has 44 valence electrons. The van der Waals surface area contributed by atoms with Gasteiger partial charge in [-0.1, -0.05) is 0 Å². The zero-order chi connectivity index (χ0) is 5.86. The Hall–Kier alpha value is 0.519. The molecule has 0 heterocycles. The van der Waals surface area contributed by atoms with Crippen LogP contribution in [0.25, 0.3) is 0 Å². The molecule has 0 atom stereocenters. The van der Waals surface area contributed by atoms with Crippen LogP contribution in [0.15, 0.2) is 0 Å². The summed E-state index contributed by atoms with van der Waals surface area (Å²) in [6.07, 6.45) is 0. The molecule has 0 nitrogen and oxygen atoms in total. The van der Waals surface area contributed by atoms with Gasteiger partial charge in [-0.3, -0.25) is 0 Å². The van der Waals surface area contributed by atoms with Gasteiger partial charge in [-0.15, -0.1) is 0 Å². The molecule has 0 aliphatic rings. The van der Waals surface area contributed by atoms with E-state index in [9.17, 15) is 0 Å². The van der Waals surface area contributed by atoms with E-state index in [1.54, 1.807) is 0 Å². The van der Waals surface area contributed by atoms with Crippen LogP contribution in [-0.2, 0) is 0 Å². The van der Waals surface area contributed by atoms with E-state index in [-0.39, 0.29) is 0 Å². The standard InChI is InChI=1S/C6H14Se/c1-5(2)7-6(3)4/h5-6H,1-4H3. The fourth-order valence-corrected chi connectivity index (χ4v) is 2.83. The van der Waals surface area contributed by atoms with Crippen LogP contribution in [0.5, 0.6) is 0 Å². The molecule has 0 rings (SSSR count). The molecule has 0 aromatic carbocycles. The van der Waals surface area contributed by atoms with Gasteiger partial charge in [-0.05, 0) is 0 Å². The quantitative estimate of drug-likeness (QED) is 0.551. The van der Waals surface area contributed by atoms with Crippen molar-refractivity contribution in [3.63, 3.8) is 0 Å². The van der Waals surface area contributed by atoms with Gasteiger partial charge in [0.1, 0.15) is 0 Å². The summed E-state index contributed by atoms with van der Waals surface area (Å²) in [5, 5.41) is 0. The van der Waals surface area contributed by atoms with Crippen LogP contribution >= 0.6 is 0 Å². The molecule has 0 radical (unpaired) electrons. The Balaban J connectivity index is 2.95. The molecule has 0 aromatic heterocycles. The first-order chi connectivity index (χ1) is 3.13. The third-order valence-corrected chi connectivity index (χ3v) is 2.83. The molecule has 0 spiro atoms. The van der Waals surface area contributed by atoms with Crippen LogP contribution in [0, 0.1) is 0 Å². The fraction of sp³-hybridized carbons (Fsp3) is 1.00. The van der Waals surface area contributed by atoms with Crippen LogP contribution in [0.4, 0.5) is 0 Å². The fourth-order valence-electron chi connectivity index (χ4n) is 0.544. The van der Waals surface area contributed by atoms with Gasteiger partial charge < -0.3 is 0 Å². The number of hydrogen-bond acceptors (Lipinski definition) is 0. The van der Waals surface area contributed by atoms with Gasteiger partial charge in [-0.25, -0.2) is 0 Å². The molecule has 0 aromatic rings. The molecular weight excluding hydrogens is 151 g/mol. The third-order valence-electron chi connectivity index (χ3n) is 0.544. The molecule has 0 aliphatic heterocycles. The van der Waals surface area contributed by atoms with E-state index >= 15 is 0 Å². The van der Waals surface area contributed by atoms with Gasteiger partial charge in [0.15, 0.2) is 0 Å². The molecule has 0 bridgehead atoms. The van der Waals surface area contributed by atoms with Crippen molar-refractivity contribution < 1.29 is 0 Å². The van der Waals surface area contributed by atoms with Crippen molar-refractivity contribution in [3.8, 4) is 0 Å². The first-order valence-electron chi connectivity index (χ1n) is 2.78. The summed E-state index contributed by atoms with van der Waals surface area (Å²) in [5.41, 5.74) is 0.